The van der Waals surface area contributed by atoms with Gasteiger partial charge in [-0.3, -0.25) is 0 Å². The third kappa shape index (κ3) is 24.2. The minimum atomic E-state index is -1.48. The van der Waals surface area contributed by atoms with Crippen molar-refractivity contribution in [2.24, 2.45) is 0 Å². The molecule has 0 saturated heterocycles. The summed E-state index contributed by atoms with van der Waals surface area (Å²) in [5.74, 6) is 2.11. The third-order valence-electron chi connectivity index (χ3n) is 24.9. The number of nitrogens with zero attached hydrogens (tertiary/aromatic N) is 6. The Kier molecular flexibility index (Phi) is 34.1. The number of hydrogen-bond donors (Lipinski definition) is 0. The molecule has 9 aromatic carbocycles. The van der Waals surface area contributed by atoms with E-state index in [1.807, 2.05) is 164 Å². The van der Waals surface area contributed by atoms with Gasteiger partial charge in [0, 0.05) is 120 Å². The number of aromatic nitrogens is 6. The number of hydrogen-bond acceptors (Lipinski definition) is 9. The smallest absolute Gasteiger partial charge is 0.0783 e. The molecule has 3 aliphatic carbocycles. The normalized spacial score (nSPS) is 13.8. The van der Waals surface area contributed by atoms with Gasteiger partial charge in [0.25, 0.3) is 0 Å². The monoisotopic (exact) mass is 2330 g/mol. The van der Waals surface area contributed by atoms with Gasteiger partial charge in [-0.2, -0.15) is 34.0 Å². The first kappa shape index (κ1) is 97.7. The molecular formula is C114H114Ir3N6S3Si3-6. The summed E-state index contributed by atoms with van der Waals surface area (Å²) in [5.41, 5.74) is 20.5. The number of thiophene rings is 3. The maximum Gasteiger partial charge on any atom is 0.0783 e. The Balaban J connectivity index is 0.000000136. The first-order valence-electron chi connectivity index (χ1n) is 45.3. The molecule has 0 bridgehead atoms. The molecule has 0 N–H and O–H groups in total. The van der Waals surface area contributed by atoms with Crippen LogP contribution in [0.3, 0.4) is 0 Å². The molecule has 663 valence electrons. The summed E-state index contributed by atoms with van der Waals surface area (Å²) in [6.07, 6.45) is 32.2. The number of fused-ring (bicyclic) bond motifs is 9. The average molecular weight is 2330 g/mol. The minimum absolute atomic E-state index is 0. The van der Waals surface area contributed by atoms with Crippen LogP contribution in [-0.2, 0) is 60.3 Å². The van der Waals surface area contributed by atoms with Gasteiger partial charge in [-0.1, -0.05) is 259 Å². The number of rotatable bonds is 12. The van der Waals surface area contributed by atoms with Gasteiger partial charge in [0.05, 0.1) is 16.1 Å². The second-order valence-corrected chi connectivity index (χ2v) is 55.7. The summed E-state index contributed by atoms with van der Waals surface area (Å²) < 4.78 is 8.10. The van der Waals surface area contributed by atoms with Gasteiger partial charge in [0.2, 0.25) is 0 Å². The molecular weight excluding hydrogens is 2210 g/mol. The molecule has 15 heteroatoms. The van der Waals surface area contributed by atoms with E-state index in [9.17, 15) is 0 Å². The Bertz CT molecular complexity index is 6440. The van der Waals surface area contributed by atoms with E-state index >= 15 is 0 Å². The fourth-order valence-electron chi connectivity index (χ4n) is 17.8. The van der Waals surface area contributed by atoms with Crippen LogP contribution in [-0.4, -0.2) is 54.1 Å². The number of benzene rings is 9. The zero-order valence-electron chi connectivity index (χ0n) is 76.2. The predicted octanol–water partition coefficient (Wildman–Crippen LogP) is 31.1. The van der Waals surface area contributed by atoms with Gasteiger partial charge in [-0.05, 0) is 193 Å². The van der Waals surface area contributed by atoms with Crippen LogP contribution in [0.25, 0.3) is 128 Å². The van der Waals surface area contributed by atoms with E-state index in [2.05, 4.69) is 274 Å². The second-order valence-electron chi connectivity index (χ2n) is 37.3. The van der Waals surface area contributed by atoms with Crippen LogP contribution in [0.2, 0.25) is 58.9 Å². The first-order valence-corrected chi connectivity index (χ1v) is 58.3. The van der Waals surface area contributed by atoms with Crippen LogP contribution >= 0.6 is 34.0 Å². The fourth-order valence-corrected chi connectivity index (χ4v) is 25.9. The Morgan fingerprint density at radius 2 is 0.659 bits per heavy atom. The molecule has 9 aromatic heterocycles. The molecule has 0 amide bonds. The van der Waals surface area contributed by atoms with Crippen LogP contribution in [0.5, 0.6) is 0 Å². The third-order valence-corrected chi connectivity index (χ3v) is 34.5. The van der Waals surface area contributed by atoms with Crippen LogP contribution in [0.4, 0.5) is 0 Å². The van der Waals surface area contributed by atoms with E-state index in [1.54, 1.807) is 5.19 Å². The van der Waals surface area contributed by atoms with E-state index in [0.29, 0.717) is 17.8 Å². The van der Waals surface area contributed by atoms with E-state index in [4.69, 9.17) is 15.0 Å². The molecule has 6 nitrogen and oxygen atoms in total. The van der Waals surface area contributed by atoms with Crippen molar-refractivity contribution in [2.75, 3.05) is 0 Å². The number of pyridine rings is 6. The summed E-state index contributed by atoms with van der Waals surface area (Å²) in [6.45, 7) is 27.9. The van der Waals surface area contributed by atoms with Crippen molar-refractivity contribution >= 4 is 134 Å². The maximum absolute atomic E-state index is 4.92. The molecule has 3 fully saturated rings. The average Bonchev–Trinajstić information content (AvgIpc) is 1.61. The molecule has 3 saturated carbocycles. The van der Waals surface area contributed by atoms with E-state index in [-0.39, 0.29) is 60.3 Å². The second kappa shape index (κ2) is 45.0. The van der Waals surface area contributed by atoms with Crippen molar-refractivity contribution in [3.05, 3.63) is 344 Å². The molecule has 0 atom stereocenters. The molecule has 0 unspecified atom stereocenters. The molecule has 0 spiro atoms. The van der Waals surface area contributed by atoms with E-state index in [1.165, 1.54) is 206 Å². The minimum Gasteiger partial charge on any atom is -0.304 e. The summed E-state index contributed by atoms with van der Waals surface area (Å²) in [5, 5.41) is 13.0. The molecule has 0 aliphatic heterocycles. The van der Waals surface area contributed by atoms with E-state index < -0.39 is 24.2 Å². The molecule has 21 rings (SSSR count). The molecule has 18 aromatic rings. The van der Waals surface area contributed by atoms with Gasteiger partial charge in [-0.15, -0.1) is 178 Å². The number of aryl methyl sites for hydroxylation is 3. The van der Waals surface area contributed by atoms with Crippen LogP contribution in [0.1, 0.15) is 147 Å². The molecule has 3 aliphatic rings. The fraction of sp³-hybridized carbons (Fsp3) is 0.263. The van der Waals surface area contributed by atoms with Crippen molar-refractivity contribution in [2.45, 2.75) is 194 Å². The zero-order valence-corrected chi connectivity index (χ0v) is 88.9. The first-order chi connectivity index (χ1) is 61.1. The SMILES string of the molecule is C[Si](C)(C)c1c[c-]c(-c2ccc(C3CCCCC3)cn2)c2sc3ccccc3c12.C[Si](C)(C)c1ccc2sc3c(-c4ccc(C5CCCCC5)cn4)[c-]ccc3c2c1.C[Si](C)(C)c1cccc2sc3c(-c4ccc(C5CCCCC5)cn4)[c-]ccc3c12.Cc1ccc(-c2[c-]cccc2)nc1.Cc1ccc(-c2[c-]cccc2)nc1.Cc1ccc(-c2[c-]cccc2)nc1.[Ir].[Ir].[Ir]. The quantitative estimate of drug-likeness (QED) is 0.0896. The predicted molar refractivity (Wildman–Crippen MR) is 550 cm³/mol. The molecule has 129 heavy (non-hydrogen) atoms. The standard InChI is InChI=1S/3C26H28NSSi.3C12H10N.3Ir/c1-29(2,3)24-14-8-13-23-25(24)21-12-7-11-20(26(21)28-23)22-16-15-19(17-27-22)18-9-5-4-6-10-18;1-29(2,3)24-16-14-20(26-25(24)21-11-7-8-12-23(21)28-26)22-15-13-19(17-27-22)18-9-5-4-6-10-18;1-29(2,3)20-13-15-25-23(16-20)21-10-7-11-22(26(21)28-25)24-14-12-19(17-27-24)18-8-5-4-6-9-18;3*1-10-7-8-12(13-9-10)11-5-3-2-4-6-11;;;/h7-8,12-18H,4-6,9-10H2,1-3H3;7-8,11-13,15-18H,4-6,9-10H2,1-3H3;7,10,12-18H,4-6,8-9H2,1-3H3;3*2-5,7-9H,1H3;;;/q6*-1;;;. The largest absolute Gasteiger partial charge is 0.304 e. The topological polar surface area (TPSA) is 77.3 Å². The van der Waals surface area contributed by atoms with Crippen LogP contribution in [0, 0.1) is 57.2 Å². The zero-order chi connectivity index (χ0) is 87.3. The van der Waals surface area contributed by atoms with E-state index in [0.717, 1.165) is 62.0 Å². The van der Waals surface area contributed by atoms with Crippen molar-refractivity contribution in [1.29, 1.82) is 0 Å². The summed E-state index contributed by atoms with van der Waals surface area (Å²) >= 11 is 5.67. The van der Waals surface area contributed by atoms with Crippen molar-refractivity contribution in [3.8, 4) is 67.5 Å². The maximum atomic E-state index is 4.92. The Morgan fingerprint density at radius 3 is 1.06 bits per heavy atom. The van der Waals surface area contributed by atoms with Gasteiger partial charge < -0.3 is 29.9 Å². The summed E-state index contributed by atoms with van der Waals surface area (Å²) in [7, 11) is -4.23. The van der Waals surface area contributed by atoms with Crippen LogP contribution in [0.15, 0.2) is 274 Å². The van der Waals surface area contributed by atoms with Gasteiger partial charge in [0.1, 0.15) is 0 Å². The molecule has 3 radical (unpaired) electrons. The van der Waals surface area contributed by atoms with Gasteiger partial charge >= 0.3 is 0 Å². The molecule has 9 heterocycles. The van der Waals surface area contributed by atoms with Crippen molar-refractivity contribution < 1.29 is 60.3 Å². The van der Waals surface area contributed by atoms with Crippen LogP contribution < -0.4 is 15.6 Å². The van der Waals surface area contributed by atoms with Crippen molar-refractivity contribution in [3.63, 3.8) is 0 Å². The van der Waals surface area contributed by atoms with Gasteiger partial charge in [-0.25, -0.2) is 0 Å². The van der Waals surface area contributed by atoms with Gasteiger partial charge in [0.15, 0.2) is 0 Å². The van der Waals surface area contributed by atoms with Crippen molar-refractivity contribution in [1.82, 2.24) is 29.9 Å². The summed E-state index contributed by atoms with van der Waals surface area (Å²) in [4.78, 5) is 27.7. The Hall–Kier alpha value is -8.86. The Morgan fingerprint density at radius 1 is 0.279 bits per heavy atom. The Labute approximate surface area is 821 Å². The summed E-state index contributed by atoms with van der Waals surface area (Å²) in [6, 6.07) is 103.